The lowest BCUT2D eigenvalue weighted by Gasteiger charge is -2.34. The van der Waals surface area contributed by atoms with E-state index in [1.807, 2.05) is 51.1 Å². The number of aryl methyl sites for hydroxylation is 1. The molecule has 0 bridgehead atoms. The minimum atomic E-state index is -4.35. The van der Waals surface area contributed by atoms with Crippen molar-refractivity contribution in [2.24, 2.45) is 0 Å². The molecule has 0 unspecified atom stereocenters. The zero-order valence-electron chi connectivity index (χ0n) is 28.2. The molecule has 12 heteroatoms. The first kappa shape index (κ1) is 37.6. The Bertz CT molecular complexity index is 1860. The second kappa shape index (κ2) is 16.9. The number of nitrogens with one attached hydrogen (secondary N) is 1. The Morgan fingerprint density at radius 1 is 0.837 bits per heavy atom. The summed E-state index contributed by atoms with van der Waals surface area (Å²) in [5.74, 6) is -0.403. The van der Waals surface area contributed by atoms with E-state index in [0.29, 0.717) is 22.8 Å². The van der Waals surface area contributed by atoms with Gasteiger partial charge in [-0.15, -0.1) is 0 Å². The molecule has 260 valence electrons. The van der Waals surface area contributed by atoms with E-state index in [-0.39, 0.29) is 46.3 Å². The van der Waals surface area contributed by atoms with Crippen molar-refractivity contribution >= 4 is 50.7 Å². The molecule has 0 aliphatic heterocycles. The lowest BCUT2D eigenvalue weighted by molar-refractivity contribution is -0.140. The van der Waals surface area contributed by atoms with Crippen molar-refractivity contribution in [2.75, 3.05) is 25.1 Å². The highest BCUT2D eigenvalue weighted by atomic mass is 35.5. The summed E-state index contributed by atoms with van der Waals surface area (Å²) in [6, 6.07) is 24.2. The highest BCUT2D eigenvalue weighted by molar-refractivity contribution is 7.92. The van der Waals surface area contributed by atoms with Crippen LogP contribution < -0.4 is 19.1 Å². The Morgan fingerprint density at radius 3 is 2.12 bits per heavy atom. The summed E-state index contributed by atoms with van der Waals surface area (Å²) in [4.78, 5) is 30.0. The number of carbonyl (C=O) groups excluding carboxylic acids is 2. The van der Waals surface area contributed by atoms with E-state index in [9.17, 15) is 18.0 Å². The van der Waals surface area contributed by atoms with E-state index in [1.165, 1.54) is 37.3 Å². The van der Waals surface area contributed by atoms with Crippen LogP contribution in [0, 0.1) is 6.92 Å². The van der Waals surface area contributed by atoms with Crippen molar-refractivity contribution in [1.29, 1.82) is 0 Å². The monoisotopic (exact) mass is 725 g/mol. The third-order valence-electron chi connectivity index (χ3n) is 8.15. The van der Waals surface area contributed by atoms with Crippen molar-refractivity contribution in [3.05, 3.63) is 118 Å². The standard InChI is InChI=1S/C37H41Cl2N3O6S/c1-6-26(3)40-37(44)33(21-27-10-8-7-9-11-27)41(23-28-14-18-31(38)32(39)20-28)36(43)24-42(29-15-12-25(2)13-16-29)49(45,46)30-17-19-34(47-4)35(22-30)48-5/h7-20,22,26,33H,6,21,23-24H2,1-5H3,(H,40,44)/t26-,33+/m1/s1. The largest absolute Gasteiger partial charge is 0.493 e. The Labute approximate surface area is 298 Å². The van der Waals surface area contributed by atoms with E-state index in [4.69, 9.17) is 32.7 Å². The Balaban J connectivity index is 1.84. The van der Waals surface area contributed by atoms with Gasteiger partial charge in [-0.25, -0.2) is 8.42 Å². The Morgan fingerprint density at radius 2 is 1.51 bits per heavy atom. The number of halogens is 2. The zero-order valence-corrected chi connectivity index (χ0v) is 30.5. The average Bonchev–Trinajstić information content (AvgIpc) is 3.10. The molecular formula is C37H41Cl2N3O6S. The van der Waals surface area contributed by atoms with Gasteiger partial charge in [-0.1, -0.05) is 84.2 Å². The molecular weight excluding hydrogens is 685 g/mol. The van der Waals surface area contributed by atoms with E-state index in [0.717, 1.165) is 15.4 Å². The van der Waals surface area contributed by atoms with Gasteiger partial charge in [0.2, 0.25) is 11.8 Å². The van der Waals surface area contributed by atoms with Crippen LogP contribution in [0.4, 0.5) is 5.69 Å². The van der Waals surface area contributed by atoms with Crippen molar-refractivity contribution in [3.63, 3.8) is 0 Å². The fourth-order valence-corrected chi connectivity index (χ4v) is 6.92. The van der Waals surface area contributed by atoms with Crippen molar-refractivity contribution < 1.29 is 27.5 Å². The van der Waals surface area contributed by atoms with Crippen LogP contribution in [0.5, 0.6) is 11.5 Å². The maximum atomic E-state index is 14.7. The molecule has 2 atom stereocenters. The van der Waals surface area contributed by atoms with E-state index >= 15 is 0 Å². The molecule has 4 rings (SSSR count). The maximum Gasteiger partial charge on any atom is 0.264 e. The molecule has 0 radical (unpaired) electrons. The molecule has 0 saturated carbocycles. The number of anilines is 1. The molecule has 0 heterocycles. The second-order valence-corrected chi connectivity index (χ2v) is 14.3. The molecule has 0 spiro atoms. The van der Waals surface area contributed by atoms with Gasteiger partial charge in [-0.2, -0.15) is 0 Å². The summed E-state index contributed by atoms with van der Waals surface area (Å²) in [5.41, 5.74) is 2.62. The summed E-state index contributed by atoms with van der Waals surface area (Å²) in [5, 5.41) is 3.65. The van der Waals surface area contributed by atoms with Gasteiger partial charge in [0, 0.05) is 25.1 Å². The number of hydrogen-bond donors (Lipinski definition) is 1. The average molecular weight is 727 g/mol. The third-order valence-corrected chi connectivity index (χ3v) is 10.7. The maximum absolute atomic E-state index is 14.7. The second-order valence-electron chi connectivity index (χ2n) is 11.7. The van der Waals surface area contributed by atoms with E-state index in [1.54, 1.807) is 42.5 Å². The van der Waals surface area contributed by atoms with Gasteiger partial charge >= 0.3 is 0 Å². The number of ether oxygens (including phenoxy) is 2. The van der Waals surface area contributed by atoms with Crippen LogP contribution in [-0.2, 0) is 32.6 Å². The highest BCUT2D eigenvalue weighted by Crippen LogP contribution is 2.33. The third kappa shape index (κ3) is 9.47. The molecule has 0 aliphatic rings. The number of amides is 2. The molecule has 0 aliphatic carbocycles. The molecule has 4 aromatic rings. The molecule has 0 aromatic heterocycles. The summed E-state index contributed by atoms with van der Waals surface area (Å²) < 4.78 is 40.6. The van der Waals surface area contributed by atoms with Gasteiger partial charge in [0.25, 0.3) is 10.0 Å². The highest BCUT2D eigenvalue weighted by Gasteiger charge is 2.35. The summed E-state index contributed by atoms with van der Waals surface area (Å²) in [7, 11) is -1.49. The van der Waals surface area contributed by atoms with Crippen molar-refractivity contribution in [1.82, 2.24) is 10.2 Å². The van der Waals surface area contributed by atoms with E-state index < -0.39 is 28.5 Å². The van der Waals surface area contributed by atoms with Crippen molar-refractivity contribution in [2.45, 2.75) is 57.1 Å². The number of benzene rings is 4. The SMILES string of the molecule is CC[C@@H](C)NC(=O)[C@H](Cc1ccccc1)N(Cc1ccc(Cl)c(Cl)c1)C(=O)CN(c1ccc(C)cc1)S(=O)(=O)c1ccc(OC)c(OC)c1. The van der Waals surface area contributed by atoms with Gasteiger partial charge in [-0.05, 0) is 67.8 Å². The predicted molar refractivity (Wildman–Crippen MR) is 194 cm³/mol. The summed E-state index contributed by atoms with van der Waals surface area (Å²) >= 11 is 12.6. The van der Waals surface area contributed by atoms with Crippen LogP contribution in [0.1, 0.15) is 37.0 Å². The first-order chi connectivity index (χ1) is 23.4. The number of hydrogen-bond acceptors (Lipinski definition) is 6. The normalized spacial score (nSPS) is 12.5. The predicted octanol–water partition coefficient (Wildman–Crippen LogP) is 7.07. The first-order valence-corrected chi connectivity index (χ1v) is 18.0. The molecule has 0 saturated heterocycles. The number of nitrogens with zero attached hydrogens (tertiary/aromatic N) is 2. The summed E-state index contributed by atoms with van der Waals surface area (Å²) in [6.07, 6.45) is 0.860. The number of methoxy groups -OCH3 is 2. The van der Waals surface area contributed by atoms with Gasteiger partial charge < -0.3 is 19.7 Å². The molecule has 2 amide bonds. The minimum absolute atomic E-state index is 0.0424. The lowest BCUT2D eigenvalue weighted by Crippen LogP contribution is -2.54. The molecule has 4 aromatic carbocycles. The Kier molecular flexibility index (Phi) is 13.0. The van der Waals surface area contributed by atoms with Crippen LogP contribution in [0.2, 0.25) is 10.0 Å². The Hall–Kier alpha value is -4.25. The minimum Gasteiger partial charge on any atom is -0.493 e. The zero-order chi connectivity index (χ0) is 35.7. The molecule has 0 fully saturated rings. The van der Waals surface area contributed by atoms with Crippen LogP contribution >= 0.6 is 23.2 Å². The smallest absolute Gasteiger partial charge is 0.264 e. The number of carbonyl (C=O) groups is 2. The van der Waals surface area contributed by atoms with Gasteiger partial charge in [0.15, 0.2) is 11.5 Å². The van der Waals surface area contributed by atoms with Crippen LogP contribution in [0.15, 0.2) is 95.9 Å². The van der Waals surface area contributed by atoms with Crippen LogP contribution in [0.25, 0.3) is 0 Å². The van der Waals surface area contributed by atoms with Gasteiger partial charge in [0.1, 0.15) is 12.6 Å². The quantitative estimate of drug-likeness (QED) is 0.141. The fraction of sp³-hybridized carbons (Fsp3) is 0.297. The van der Waals surface area contributed by atoms with E-state index in [2.05, 4.69) is 5.32 Å². The van der Waals surface area contributed by atoms with Crippen LogP contribution in [0.3, 0.4) is 0 Å². The molecule has 9 nitrogen and oxygen atoms in total. The number of sulfonamides is 1. The number of rotatable bonds is 15. The van der Waals surface area contributed by atoms with Gasteiger partial charge in [-0.3, -0.25) is 13.9 Å². The van der Waals surface area contributed by atoms with Crippen molar-refractivity contribution in [3.8, 4) is 11.5 Å². The summed E-state index contributed by atoms with van der Waals surface area (Å²) in [6.45, 7) is 5.07. The van der Waals surface area contributed by atoms with Gasteiger partial charge in [0.05, 0.1) is 34.8 Å². The first-order valence-electron chi connectivity index (χ1n) is 15.8. The van der Waals surface area contributed by atoms with Crippen LogP contribution in [-0.4, -0.2) is 58.0 Å². The molecule has 49 heavy (non-hydrogen) atoms. The lowest BCUT2D eigenvalue weighted by atomic mass is 10.0. The topological polar surface area (TPSA) is 105 Å². The fourth-order valence-electron chi connectivity index (χ4n) is 5.17. The molecule has 1 N–H and O–H groups in total.